The lowest BCUT2D eigenvalue weighted by Gasteiger charge is -2.35. The van der Waals surface area contributed by atoms with Crippen LogP contribution in [-0.4, -0.2) is 40.3 Å². The van der Waals surface area contributed by atoms with Crippen molar-refractivity contribution in [3.8, 4) is 5.75 Å². The number of nitrogens with zero attached hydrogens (tertiary/aromatic N) is 3. The number of benzene rings is 1. The van der Waals surface area contributed by atoms with Crippen molar-refractivity contribution in [2.45, 2.75) is 32.2 Å². The lowest BCUT2D eigenvalue weighted by molar-refractivity contribution is -0.138. The first-order chi connectivity index (χ1) is 12.3. The van der Waals surface area contributed by atoms with Gasteiger partial charge < -0.3 is 9.64 Å². The van der Waals surface area contributed by atoms with E-state index in [1.54, 1.807) is 0 Å². The van der Waals surface area contributed by atoms with Crippen LogP contribution < -0.4 is 4.74 Å². The highest BCUT2D eigenvalue weighted by molar-refractivity contribution is 5.80. The summed E-state index contributed by atoms with van der Waals surface area (Å²) in [6.45, 7) is 3.23. The maximum Gasteiger partial charge on any atom is 0.229 e. The Kier molecular flexibility index (Phi) is 4.72. The Balaban J connectivity index is 1.27. The Bertz CT molecular complexity index is 705. The second kappa shape index (κ2) is 7.30. The number of ether oxygens (including phenoxy) is 1. The molecule has 1 saturated heterocycles. The topological polar surface area (TPSA) is 47.4 Å². The highest BCUT2D eigenvalue weighted by Gasteiger charge is 2.31. The van der Waals surface area contributed by atoms with Gasteiger partial charge >= 0.3 is 0 Å². The molecule has 0 aliphatic carbocycles. The van der Waals surface area contributed by atoms with Crippen LogP contribution >= 0.6 is 0 Å². The van der Waals surface area contributed by atoms with Gasteiger partial charge in [-0.25, -0.2) is 0 Å². The lowest BCUT2D eigenvalue weighted by Crippen LogP contribution is -2.44. The lowest BCUT2D eigenvalue weighted by atomic mass is 9.91. The molecular formula is C20H25N3O2. The van der Waals surface area contributed by atoms with E-state index >= 15 is 0 Å². The number of hydrogen-bond donors (Lipinski definition) is 0. The van der Waals surface area contributed by atoms with Gasteiger partial charge in [0.05, 0.1) is 5.92 Å². The van der Waals surface area contributed by atoms with Gasteiger partial charge in [0, 0.05) is 32.0 Å². The molecule has 2 aromatic rings. The summed E-state index contributed by atoms with van der Waals surface area (Å²) < 4.78 is 7.79. The van der Waals surface area contributed by atoms with E-state index in [-0.39, 0.29) is 11.8 Å². The number of para-hydroxylation sites is 1. The summed E-state index contributed by atoms with van der Waals surface area (Å²) in [6, 6.07) is 10.0. The maximum absolute atomic E-state index is 12.8. The third kappa shape index (κ3) is 3.70. The first-order valence-corrected chi connectivity index (χ1v) is 9.26. The quantitative estimate of drug-likeness (QED) is 0.860. The van der Waals surface area contributed by atoms with Gasteiger partial charge in [0.25, 0.3) is 0 Å². The molecule has 5 nitrogen and oxygen atoms in total. The molecule has 2 aliphatic heterocycles. The van der Waals surface area contributed by atoms with Crippen LogP contribution in [-0.2, 0) is 17.8 Å². The highest BCUT2D eigenvalue weighted by Crippen LogP contribution is 2.29. The van der Waals surface area contributed by atoms with Crippen molar-refractivity contribution in [1.29, 1.82) is 0 Å². The number of hydrogen-bond acceptors (Lipinski definition) is 3. The average molecular weight is 339 g/mol. The van der Waals surface area contributed by atoms with Crippen LogP contribution in [0.5, 0.6) is 5.75 Å². The van der Waals surface area contributed by atoms with Gasteiger partial charge in [-0.1, -0.05) is 18.2 Å². The van der Waals surface area contributed by atoms with Crippen molar-refractivity contribution in [2.75, 3.05) is 19.7 Å². The standard InChI is InChI=1S/C20H25N3O2/c24-20(18-14-17-4-1-2-5-19(17)25-15-18)22-11-6-16(7-12-22)8-13-23-10-3-9-21-23/h1-5,9-10,16,18H,6-8,11-15H2/t18-/m1/s1. The summed E-state index contributed by atoms with van der Waals surface area (Å²) in [7, 11) is 0. The minimum Gasteiger partial charge on any atom is -0.492 e. The second-order valence-corrected chi connectivity index (χ2v) is 7.15. The molecule has 0 saturated carbocycles. The number of carbonyl (C=O) groups excluding carboxylic acids is 1. The fourth-order valence-corrected chi connectivity index (χ4v) is 3.93. The molecule has 0 bridgehead atoms. The molecule has 0 unspecified atom stereocenters. The van der Waals surface area contributed by atoms with Gasteiger partial charge in [-0.05, 0) is 49.3 Å². The minimum absolute atomic E-state index is 0.0319. The molecule has 25 heavy (non-hydrogen) atoms. The van der Waals surface area contributed by atoms with Crippen LogP contribution in [0, 0.1) is 11.8 Å². The summed E-state index contributed by atoms with van der Waals surface area (Å²) in [5, 5.41) is 4.26. The van der Waals surface area contributed by atoms with E-state index in [0.717, 1.165) is 56.6 Å². The predicted molar refractivity (Wildman–Crippen MR) is 95.3 cm³/mol. The molecule has 1 aromatic carbocycles. The number of aromatic nitrogens is 2. The van der Waals surface area contributed by atoms with Crippen LogP contribution in [0.25, 0.3) is 0 Å². The normalized spacial score (nSPS) is 20.8. The third-order valence-electron chi connectivity index (χ3n) is 5.48. The molecule has 4 rings (SSSR count). The zero-order chi connectivity index (χ0) is 17.1. The monoisotopic (exact) mass is 339 g/mol. The second-order valence-electron chi connectivity index (χ2n) is 7.15. The van der Waals surface area contributed by atoms with E-state index in [1.807, 2.05) is 46.2 Å². The van der Waals surface area contributed by atoms with Gasteiger partial charge in [-0.15, -0.1) is 0 Å². The number of aryl methyl sites for hydroxylation is 1. The summed E-state index contributed by atoms with van der Waals surface area (Å²) in [6.07, 6.45) is 7.97. The minimum atomic E-state index is -0.0319. The van der Waals surface area contributed by atoms with Gasteiger partial charge in [0.1, 0.15) is 12.4 Å². The number of amides is 1. The van der Waals surface area contributed by atoms with Crippen molar-refractivity contribution in [3.63, 3.8) is 0 Å². The summed E-state index contributed by atoms with van der Waals surface area (Å²) in [5.74, 6) is 1.86. The molecule has 2 aliphatic rings. The molecule has 132 valence electrons. The molecule has 1 fully saturated rings. The Morgan fingerprint density at radius 1 is 1.20 bits per heavy atom. The van der Waals surface area contributed by atoms with E-state index < -0.39 is 0 Å². The largest absolute Gasteiger partial charge is 0.492 e. The molecule has 1 amide bonds. The highest BCUT2D eigenvalue weighted by atomic mass is 16.5. The zero-order valence-corrected chi connectivity index (χ0v) is 14.5. The number of likely N-dealkylation sites (tertiary alicyclic amines) is 1. The van der Waals surface area contributed by atoms with E-state index in [9.17, 15) is 4.79 Å². The smallest absolute Gasteiger partial charge is 0.229 e. The summed E-state index contributed by atoms with van der Waals surface area (Å²) in [5.41, 5.74) is 1.15. The van der Waals surface area contributed by atoms with Gasteiger partial charge in [0.15, 0.2) is 0 Å². The molecule has 0 N–H and O–H groups in total. The van der Waals surface area contributed by atoms with Crippen molar-refractivity contribution in [3.05, 3.63) is 48.3 Å². The number of rotatable bonds is 4. The Morgan fingerprint density at radius 2 is 2.04 bits per heavy atom. The Labute approximate surface area is 148 Å². The Hall–Kier alpha value is -2.30. The van der Waals surface area contributed by atoms with Crippen LogP contribution in [0.1, 0.15) is 24.8 Å². The van der Waals surface area contributed by atoms with Crippen molar-refractivity contribution >= 4 is 5.91 Å². The Morgan fingerprint density at radius 3 is 2.84 bits per heavy atom. The molecule has 3 heterocycles. The fraction of sp³-hybridized carbons (Fsp3) is 0.500. The fourth-order valence-electron chi connectivity index (χ4n) is 3.93. The van der Waals surface area contributed by atoms with E-state index in [2.05, 4.69) is 11.2 Å². The van der Waals surface area contributed by atoms with Gasteiger partial charge in [-0.3, -0.25) is 9.48 Å². The molecular weight excluding hydrogens is 314 g/mol. The number of fused-ring (bicyclic) bond motifs is 1. The van der Waals surface area contributed by atoms with Crippen LogP contribution in [0.3, 0.4) is 0 Å². The van der Waals surface area contributed by atoms with E-state index in [0.29, 0.717) is 12.5 Å². The van der Waals surface area contributed by atoms with Crippen LogP contribution in [0.4, 0.5) is 0 Å². The third-order valence-corrected chi connectivity index (χ3v) is 5.48. The molecule has 0 radical (unpaired) electrons. The summed E-state index contributed by atoms with van der Waals surface area (Å²) >= 11 is 0. The average Bonchev–Trinajstić information content (AvgIpc) is 3.19. The van der Waals surface area contributed by atoms with Crippen molar-refractivity contribution in [2.24, 2.45) is 11.8 Å². The first kappa shape index (κ1) is 16.2. The predicted octanol–water partition coefficient (Wildman–Crippen LogP) is 2.76. The molecule has 1 aromatic heterocycles. The van der Waals surface area contributed by atoms with Gasteiger partial charge in [-0.2, -0.15) is 5.10 Å². The molecule has 5 heteroatoms. The van der Waals surface area contributed by atoms with Gasteiger partial charge in [0.2, 0.25) is 5.91 Å². The van der Waals surface area contributed by atoms with Crippen molar-refractivity contribution in [1.82, 2.24) is 14.7 Å². The van der Waals surface area contributed by atoms with Crippen LogP contribution in [0.15, 0.2) is 42.7 Å². The van der Waals surface area contributed by atoms with E-state index in [4.69, 9.17) is 4.74 Å². The first-order valence-electron chi connectivity index (χ1n) is 9.26. The van der Waals surface area contributed by atoms with Crippen LogP contribution in [0.2, 0.25) is 0 Å². The van der Waals surface area contributed by atoms with E-state index in [1.165, 1.54) is 0 Å². The zero-order valence-electron chi connectivity index (χ0n) is 14.5. The number of carbonyl (C=O) groups is 1. The SMILES string of the molecule is O=C([C@H]1COc2ccccc2C1)N1CCC(CCn2cccn2)CC1. The summed E-state index contributed by atoms with van der Waals surface area (Å²) in [4.78, 5) is 14.9. The van der Waals surface area contributed by atoms with Crippen molar-refractivity contribution < 1.29 is 9.53 Å². The maximum atomic E-state index is 12.8. The molecule has 1 atom stereocenters. The molecule has 0 spiro atoms. The number of piperidine rings is 1.